The monoisotopic (exact) mass is 375 g/mol. The van der Waals surface area contributed by atoms with Gasteiger partial charge >= 0.3 is 0 Å². The maximum absolute atomic E-state index is 12.0. The highest BCUT2D eigenvalue weighted by Crippen LogP contribution is 2.22. The van der Waals surface area contributed by atoms with Crippen molar-refractivity contribution >= 4 is 33.2 Å². The van der Waals surface area contributed by atoms with Crippen molar-refractivity contribution in [3.8, 4) is 10.6 Å². The van der Waals surface area contributed by atoms with E-state index in [2.05, 4.69) is 26.3 Å². The fourth-order valence-electron chi connectivity index (χ4n) is 2.06. The van der Waals surface area contributed by atoms with Gasteiger partial charge in [-0.2, -0.15) is 5.10 Å². The van der Waals surface area contributed by atoms with Crippen LogP contribution in [0.1, 0.15) is 10.4 Å². The zero-order chi connectivity index (χ0) is 15.4. The largest absolute Gasteiger partial charge is 0.350 e. The summed E-state index contributed by atoms with van der Waals surface area (Å²) in [5.41, 5.74) is 1.61. The molecule has 112 valence electrons. The molecule has 0 unspecified atom stereocenters. The maximum atomic E-state index is 12.0. The summed E-state index contributed by atoms with van der Waals surface area (Å²) in [7, 11) is 0. The van der Waals surface area contributed by atoms with E-state index in [0.717, 1.165) is 15.0 Å². The standard InChI is InChI=1S/C16H14BrN3OS/c17-13-4-1-3-12(11-13)16(21)18-7-9-20-8-6-14(19-20)15-5-2-10-22-15/h1-6,8,10-11H,7,9H2,(H,18,21). The van der Waals surface area contributed by atoms with Crippen LogP contribution in [0, 0.1) is 0 Å². The Kier molecular flexibility index (Phi) is 4.70. The number of carbonyl (C=O) groups is 1. The molecule has 1 N–H and O–H groups in total. The quantitative estimate of drug-likeness (QED) is 0.736. The molecule has 0 fully saturated rings. The minimum Gasteiger partial charge on any atom is -0.350 e. The van der Waals surface area contributed by atoms with Gasteiger partial charge in [-0.15, -0.1) is 11.3 Å². The number of halogens is 1. The van der Waals surface area contributed by atoms with Crippen LogP contribution < -0.4 is 5.32 Å². The van der Waals surface area contributed by atoms with E-state index >= 15 is 0 Å². The molecule has 0 atom stereocenters. The van der Waals surface area contributed by atoms with Crippen LogP contribution in [0.2, 0.25) is 0 Å². The first kappa shape index (κ1) is 15.0. The van der Waals surface area contributed by atoms with Crippen LogP contribution in [0.25, 0.3) is 10.6 Å². The molecule has 1 amide bonds. The Labute approximate surface area is 140 Å². The molecule has 2 heterocycles. The molecule has 22 heavy (non-hydrogen) atoms. The first-order chi connectivity index (χ1) is 10.7. The van der Waals surface area contributed by atoms with E-state index in [1.165, 1.54) is 0 Å². The van der Waals surface area contributed by atoms with Gasteiger partial charge in [-0.25, -0.2) is 0 Å². The van der Waals surface area contributed by atoms with Crippen LogP contribution in [0.4, 0.5) is 0 Å². The van der Waals surface area contributed by atoms with Crippen LogP contribution in [-0.2, 0) is 6.54 Å². The van der Waals surface area contributed by atoms with E-state index in [9.17, 15) is 4.79 Å². The number of hydrogen-bond donors (Lipinski definition) is 1. The van der Waals surface area contributed by atoms with Crippen molar-refractivity contribution in [3.63, 3.8) is 0 Å². The highest BCUT2D eigenvalue weighted by Gasteiger charge is 2.06. The molecule has 0 saturated carbocycles. The summed E-state index contributed by atoms with van der Waals surface area (Å²) in [5, 5.41) is 9.44. The average molecular weight is 376 g/mol. The molecule has 0 bridgehead atoms. The summed E-state index contributed by atoms with van der Waals surface area (Å²) < 4.78 is 2.74. The van der Waals surface area contributed by atoms with Gasteiger partial charge in [0.1, 0.15) is 5.69 Å². The Morgan fingerprint density at radius 2 is 2.18 bits per heavy atom. The molecule has 0 aliphatic carbocycles. The van der Waals surface area contributed by atoms with Gasteiger partial charge in [0.25, 0.3) is 5.91 Å². The van der Waals surface area contributed by atoms with Gasteiger partial charge in [0.15, 0.2) is 0 Å². The lowest BCUT2D eigenvalue weighted by molar-refractivity contribution is 0.0952. The fourth-order valence-corrected chi connectivity index (χ4v) is 3.15. The molecular formula is C16H14BrN3OS. The lowest BCUT2D eigenvalue weighted by atomic mass is 10.2. The number of rotatable bonds is 5. The van der Waals surface area contributed by atoms with E-state index in [4.69, 9.17) is 0 Å². The highest BCUT2D eigenvalue weighted by atomic mass is 79.9. The number of thiophene rings is 1. The third kappa shape index (κ3) is 3.64. The van der Waals surface area contributed by atoms with Gasteiger partial charge in [-0.3, -0.25) is 9.48 Å². The molecule has 3 aromatic rings. The number of hydrogen-bond acceptors (Lipinski definition) is 3. The predicted octanol–water partition coefficient (Wildman–Crippen LogP) is 3.80. The third-order valence-electron chi connectivity index (χ3n) is 3.13. The van der Waals surface area contributed by atoms with E-state index in [1.807, 2.05) is 46.6 Å². The number of carbonyl (C=O) groups excluding carboxylic acids is 1. The summed E-state index contributed by atoms with van der Waals surface area (Å²) in [6.45, 7) is 1.18. The second kappa shape index (κ2) is 6.89. The molecular weight excluding hydrogens is 362 g/mol. The number of aromatic nitrogens is 2. The Morgan fingerprint density at radius 1 is 1.27 bits per heavy atom. The SMILES string of the molecule is O=C(NCCn1ccc(-c2cccs2)n1)c1cccc(Br)c1. The fraction of sp³-hybridized carbons (Fsp3) is 0.125. The average Bonchev–Trinajstić information content (AvgIpc) is 3.18. The Balaban J connectivity index is 1.54. The summed E-state index contributed by atoms with van der Waals surface area (Å²) in [6.07, 6.45) is 1.93. The minimum absolute atomic E-state index is 0.0769. The summed E-state index contributed by atoms with van der Waals surface area (Å²) in [4.78, 5) is 13.2. The topological polar surface area (TPSA) is 46.9 Å². The molecule has 2 aromatic heterocycles. The second-order valence-electron chi connectivity index (χ2n) is 4.71. The van der Waals surface area contributed by atoms with Crippen LogP contribution in [-0.4, -0.2) is 22.2 Å². The predicted molar refractivity (Wildman–Crippen MR) is 92.0 cm³/mol. The first-order valence-electron chi connectivity index (χ1n) is 6.83. The van der Waals surface area contributed by atoms with E-state index in [-0.39, 0.29) is 5.91 Å². The molecule has 0 saturated heterocycles. The van der Waals surface area contributed by atoms with Crippen molar-refractivity contribution in [2.75, 3.05) is 6.54 Å². The lowest BCUT2D eigenvalue weighted by Gasteiger charge is -2.06. The molecule has 4 nitrogen and oxygen atoms in total. The Hall–Kier alpha value is -1.92. The van der Waals surface area contributed by atoms with E-state index < -0.39 is 0 Å². The normalized spacial score (nSPS) is 10.6. The number of amides is 1. The Morgan fingerprint density at radius 3 is 2.95 bits per heavy atom. The van der Waals surface area contributed by atoms with Gasteiger partial charge in [0.2, 0.25) is 0 Å². The summed E-state index contributed by atoms with van der Waals surface area (Å²) in [6, 6.07) is 13.4. The van der Waals surface area contributed by atoms with Gasteiger partial charge < -0.3 is 5.32 Å². The number of nitrogens with one attached hydrogen (secondary N) is 1. The number of nitrogens with zero attached hydrogens (tertiary/aromatic N) is 2. The molecule has 0 aliphatic heterocycles. The minimum atomic E-state index is -0.0769. The van der Waals surface area contributed by atoms with Gasteiger partial charge in [0, 0.05) is 22.8 Å². The van der Waals surface area contributed by atoms with Crippen LogP contribution >= 0.6 is 27.3 Å². The summed E-state index contributed by atoms with van der Waals surface area (Å²) in [5.74, 6) is -0.0769. The zero-order valence-electron chi connectivity index (χ0n) is 11.7. The molecule has 0 spiro atoms. The smallest absolute Gasteiger partial charge is 0.251 e. The van der Waals surface area contributed by atoms with Crippen LogP contribution in [0.3, 0.4) is 0 Å². The van der Waals surface area contributed by atoms with Gasteiger partial charge in [-0.1, -0.05) is 28.1 Å². The van der Waals surface area contributed by atoms with Crippen molar-refractivity contribution in [3.05, 3.63) is 64.1 Å². The van der Waals surface area contributed by atoms with Gasteiger partial charge in [0.05, 0.1) is 11.4 Å². The second-order valence-corrected chi connectivity index (χ2v) is 6.57. The maximum Gasteiger partial charge on any atom is 0.251 e. The molecule has 0 aliphatic rings. The van der Waals surface area contributed by atoms with Gasteiger partial charge in [-0.05, 0) is 35.7 Å². The van der Waals surface area contributed by atoms with Crippen molar-refractivity contribution in [1.29, 1.82) is 0 Å². The number of benzene rings is 1. The van der Waals surface area contributed by atoms with Crippen molar-refractivity contribution < 1.29 is 4.79 Å². The first-order valence-corrected chi connectivity index (χ1v) is 8.51. The molecule has 6 heteroatoms. The van der Waals surface area contributed by atoms with Crippen LogP contribution in [0.5, 0.6) is 0 Å². The molecule has 0 radical (unpaired) electrons. The van der Waals surface area contributed by atoms with Crippen molar-refractivity contribution in [2.45, 2.75) is 6.54 Å². The Bertz CT molecular complexity index is 767. The molecule has 3 rings (SSSR count). The van der Waals surface area contributed by atoms with Crippen molar-refractivity contribution in [1.82, 2.24) is 15.1 Å². The van der Waals surface area contributed by atoms with E-state index in [0.29, 0.717) is 18.7 Å². The summed E-state index contributed by atoms with van der Waals surface area (Å²) >= 11 is 5.03. The van der Waals surface area contributed by atoms with Crippen LogP contribution in [0.15, 0.2) is 58.5 Å². The third-order valence-corrected chi connectivity index (χ3v) is 4.51. The van der Waals surface area contributed by atoms with Crippen molar-refractivity contribution in [2.24, 2.45) is 0 Å². The molecule has 1 aromatic carbocycles. The zero-order valence-corrected chi connectivity index (χ0v) is 14.1. The highest BCUT2D eigenvalue weighted by molar-refractivity contribution is 9.10. The lowest BCUT2D eigenvalue weighted by Crippen LogP contribution is -2.27. The van der Waals surface area contributed by atoms with E-state index in [1.54, 1.807) is 23.5 Å².